The number of anilines is 1. The molecule has 3 N–H and O–H groups in total. The average Bonchev–Trinajstić information content (AvgIpc) is 2.67. The van der Waals surface area contributed by atoms with Crippen LogP contribution in [0.15, 0.2) is 22.1 Å². The Morgan fingerprint density at radius 2 is 2.47 bits per heavy atom. The van der Waals surface area contributed by atoms with Crippen LogP contribution in [0.1, 0.15) is 19.0 Å². The fraction of sp³-hybridized carbons (Fsp3) is 0.300. The van der Waals surface area contributed by atoms with Crippen molar-refractivity contribution in [2.45, 2.75) is 13.3 Å². The molecule has 15 heavy (non-hydrogen) atoms. The molecular formula is C10H15N5. The van der Waals surface area contributed by atoms with Crippen LogP contribution in [0.4, 0.5) is 5.82 Å². The zero-order valence-corrected chi connectivity index (χ0v) is 8.99. The first-order valence-corrected chi connectivity index (χ1v) is 4.66. The number of rotatable bonds is 3. The molecule has 0 radical (unpaired) electrons. The van der Waals surface area contributed by atoms with Gasteiger partial charge in [-0.1, -0.05) is 6.92 Å². The molecule has 0 amide bonds. The zero-order valence-electron chi connectivity index (χ0n) is 8.99. The second-order valence-electron chi connectivity index (χ2n) is 2.97. The summed E-state index contributed by atoms with van der Waals surface area (Å²) in [4.78, 5) is 7.76. The Morgan fingerprint density at radius 1 is 1.73 bits per heavy atom. The topological polar surface area (TPSA) is 79.4 Å². The van der Waals surface area contributed by atoms with E-state index in [9.17, 15) is 0 Å². The van der Waals surface area contributed by atoms with E-state index in [1.807, 2.05) is 13.0 Å². The maximum atomic E-state index is 5.53. The van der Waals surface area contributed by atoms with Crippen LogP contribution in [0.25, 0.3) is 5.57 Å². The van der Waals surface area contributed by atoms with Gasteiger partial charge in [-0.15, -0.1) is 0 Å². The molecule has 0 aliphatic carbocycles. The molecule has 0 saturated carbocycles. The summed E-state index contributed by atoms with van der Waals surface area (Å²) in [6.45, 7) is 5.48. The lowest BCUT2D eigenvalue weighted by Crippen LogP contribution is -1.91. The summed E-state index contributed by atoms with van der Waals surface area (Å²) in [5.74, 6) is 1.07. The molecule has 0 fully saturated rings. The van der Waals surface area contributed by atoms with Gasteiger partial charge in [-0.2, -0.15) is 5.10 Å². The summed E-state index contributed by atoms with van der Waals surface area (Å²) in [5, 5.41) is 6.72. The van der Waals surface area contributed by atoms with Crippen molar-refractivity contribution in [2.24, 2.45) is 9.98 Å². The fourth-order valence-electron chi connectivity index (χ4n) is 1.21. The minimum Gasteiger partial charge on any atom is -0.382 e. The number of nitrogens with zero attached hydrogens (tertiary/aromatic N) is 3. The first-order valence-electron chi connectivity index (χ1n) is 4.66. The fourth-order valence-corrected chi connectivity index (χ4v) is 1.21. The summed E-state index contributed by atoms with van der Waals surface area (Å²) >= 11 is 0. The number of allylic oxidation sites excluding steroid dienone is 1. The van der Waals surface area contributed by atoms with Crippen LogP contribution < -0.4 is 5.73 Å². The zero-order chi connectivity index (χ0) is 11.3. The largest absolute Gasteiger partial charge is 0.382 e. The Morgan fingerprint density at radius 3 is 2.87 bits per heavy atom. The Hall–Kier alpha value is -1.91. The maximum absolute atomic E-state index is 5.53. The highest BCUT2D eigenvalue weighted by Gasteiger charge is 2.03. The number of aromatic nitrogens is 2. The SMILES string of the molecule is C=NC(/C=C(\CC)c1cc(N)n[nH]1)=NC. The van der Waals surface area contributed by atoms with E-state index in [1.165, 1.54) is 0 Å². The number of aromatic amines is 1. The van der Waals surface area contributed by atoms with E-state index in [4.69, 9.17) is 5.73 Å². The van der Waals surface area contributed by atoms with Crippen molar-refractivity contribution in [1.29, 1.82) is 0 Å². The van der Waals surface area contributed by atoms with Gasteiger partial charge in [0.1, 0.15) is 11.7 Å². The van der Waals surface area contributed by atoms with Crippen LogP contribution in [-0.2, 0) is 0 Å². The van der Waals surface area contributed by atoms with Crippen molar-refractivity contribution >= 4 is 23.9 Å². The second-order valence-corrected chi connectivity index (χ2v) is 2.97. The Kier molecular flexibility index (Phi) is 3.79. The lowest BCUT2D eigenvalue weighted by atomic mass is 10.1. The molecule has 0 spiro atoms. The third-order valence-electron chi connectivity index (χ3n) is 2.02. The molecule has 0 aliphatic rings. The Balaban J connectivity index is 3.03. The molecule has 5 heteroatoms. The van der Waals surface area contributed by atoms with Crippen LogP contribution in [0.2, 0.25) is 0 Å². The van der Waals surface area contributed by atoms with E-state index in [0.29, 0.717) is 11.7 Å². The molecule has 0 saturated heterocycles. The minimum atomic E-state index is 0.478. The molecule has 1 rings (SSSR count). The number of aliphatic imine (C=N–C) groups is 2. The molecule has 5 nitrogen and oxygen atoms in total. The Labute approximate surface area is 88.8 Å². The quantitative estimate of drug-likeness (QED) is 0.579. The molecule has 1 heterocycles. The van der Waals surface area contributed by atoms with Gasteiger partial charge >= 0.3 is 0 Å². The van der Waals surface area contributed by atoms with E-state index in [1.54, 1.807) is 13.1 Å². The first kappa shape index (κ1) is 11.2. The molecule has 0 atom stereocenters. The van der Waals surface area contributed by atoms with Crippen molar-refractivity contribution < 1.29 is 0 Å². The minimum absolute atomic E-state index is 0.478. The van der Waals surface area contributed by atoms with Gasteiger partial charge in [0.15, 0.2) is 0 Å². The van der Waals surface area contributed by atoms with Gasteiger partial charge in [0, 0.05) is 13.1 Å². The number of amidine groups is 1. The molecule has 1 aromatic heterocycles. The van der Waals surface area contributed by atoms with Gasteiger partial charge in [-0.05, 0) is 24.8 Å². The van der Waals surface area contributed by atoms with Crippen LogP contribution in [0.3, 0.4) is 0 Å². The van der Waals surface area contributed by atoms with E-state index in [0.717, 1.165) is 17.7 Å². The third kappa shape index (κ3) is 2.77. The second kappa shape index (κ2) is 5.09. The van der Waals surface area contributed by atoms with E-state index < -0.39 is 0 Å². The van der Waals surface area contributed by atoms with Crippen LogP contribution in [-0.4, -0.2) is 29.8 Å². The van der Waals surface area contributed by atoms with Gasteiger partial charge in [0.2, 0.25) is 0 Å². The highest BCUT2D eigenvalue weighted by atomic mass is 15.2. The van der Waals surface area contributed by atoms with E-state index in [-0.39, 0.29) is 0 Å². The van der Waals surface area contributed by atoms with E-state index >= 15 is 0 Å². The van der Waals surface area contributed by atoms with Gasteiger partial charge in [-0.25, -0.2) is 4.99 Å². The summed E-state index contributed by atoms with van der Waals surface area (Å²) in [5.41, 5.74) is 7.47. The summed E-state index contributed by atoms with van der Waals surface area (Å²) < 4.78 is 0. The highest BCUT2D eigenvalue weighted by Crippen LogP contribution is 2.17. The van der Waals surface area contributed by atoms with E-state index in [2.05, 4.69) is 26.9 Å². The number of hydrogen-bond donors (Lipinski definition) is 2. The molecule has 0 unspecified atom stereocenters. The monoisotopic (exact) mass is 205 g/mol. The first-order chi connectivity index (χ1) is 7.21. The Bertz CT molecular complexity index is 400. The van der Waals surface area contributed by atoms with Crippen molar-refractivity contribution in [3.05, 3.63) is 17.8 Å². The normalized spacial score (nSPS) is 12.9. The standard InChI is InChI=1S/C10H15N5/c1-4-7(5-10(12-2)13-3)8-6-9(11)15-14-8/h5-6H,2,4H2,1,3H3,(H3,11,14,15)/b7-5+,13-10?. The number of H-pyrrole nitrogens is 1. The number of nitrogens with two attached hydrogens (primary N) is 1. The van der Waals surface area contributed by atoms with Gasteiger partial charge in [0.25, 0.3) is 0 Å². The van der Waals surface area contributed by atoms with Gasteiger partial charge in [-0.3, -0.25) is 10.1 Å². The number of nitrogen functional groups attached to an aromatic ring is 1. The van der Waals surface area contributed by atoms with Crippen molar-refractivity contribution in [3.63, 3.8) is 0 Å². The molecule has 0 bridgehead atoms. The van der Waals surface area contributed by atoms with Crippen LogP contribution >= 0.6 is 0 Å². The summed E-state index contributed by atoms with van der Waals surface area (Å²) in [7, 11) is 1.68. The van der Waals surface area contributed by atoms with Crippen molar-refractivity contribution in [1.82, 2.24) is 10.2 Å². The molecular weight excluding hydrogens is 190 g/mol. The summed E-state index contributed by atoms with van der Waals surface area (Å²) in [6, 6.07) is 1.78. The van der Waals surface area contributed by atoms with Crippen LogP contribution in [0, 0.1) is 0 Å². The third-order valence-corrected chi connectivity index (χ3v) is 2.02. The molecule has 0 aliphatic heterocycles. The lowest BCUT2D eigenvalue weighted by Gasteiger charge is -2.00. The number of hydrogen-bond acceptors (Lipinski definition) is 3. The maximum Gasteiger partial charge on any atom is 0.146 e. The van der Waals surface area contributed by atoms with Crippen molar-refractivity contribution in [2.75, 3.05) is 12.8 Å². The predicted molar refractivity (Wildman–Crippen MR) is 64.2 cm³/mol. The highest BCUT2D eigenvalue weighted by molar-refractivity contribution is 6.01. The smallest absolute Gasteiger partial charge is 0.146 e. The molecule has 1 aromatic rings. The number of nitrogens with one attached hydrogen (secondary N) is 1. The predicted octanol–water partition coefficient (Wildman–Crippen LogP) is 1.51. The van der Waals surface area contributed by atoms with Crippen LogP contribution in [0.5, 0.6) is 0 Å². The summed E-state index contributed by atoms with van der Waals surface area (Å²) in [6.07, 6.45) is 2.70. The van der Waals surface area contributed by atoms with Gasteiger partial charge < -0.3 is 5.73 Å². The van der Waals surface area contributed by atoms with Crippen molar-refractivity contribution in [3.8, 4) is 0 Å². The molecule has 0 aromatic carbocycles. The van der Waals surface area contributed by atoms with Gasteiger partial charge in [0.05, 0.1) is 5.69 Å². The average molecular weight is 205 g/mol. The molecule has 80 valence electrons. The lowest BCUT2D eigenvalue weighted by molar-refractivity contribution is 1.06.